The highest BCUT2D eigenvalue weighted by molar-refractivity contribution is 9.10. The van der Waals surface area contributed by atoms with Crippen molar-refractivity contribution in [3.63, 3.8) is 0 Å². The quantitative estimate of drug-likeness (QED) is 0.862. The van der Waals surface area contributed by atoms with E-state index in [0.717, 1.165) is 0 Å². The Morgan fingerprint density at radius 1 is 1.56 bits per heavy atom. The molecule has 1 aromatic carbocycles. The number of carbonyl (C=O) groups is 1. The monoisotopic (exact) mass is 332 g/mol. The molecule has 0 spiro atoms. The Bertz CT molecular complexity index is 479. The van der Waals surface area contributed by atoms with E-state index < -0.39 is 5.82 Å². The summed E-state index contributed by atoms with van der Waals surface area (Å²) in [4.78, 5) is 14.0. The Labute approximate surface area is 119 Å². The molecule has 0 bridgehead atoms. The maximum Gasteiger partial charge on any atom is 0.255 e. The first-order chi connectivity index (χ1) is 8.34. The van der Waals surface area contributed by atoms with Gasteiger partial charge < -0.3 is 10.6 Å². The van der Waals surface area contributed by atoms with Crippen LogP contribution in [0.3, 0.4) is 0 Å². The van der Waals surface area contributed by atoms with Crippen LogP contribution >= 0.6 is 28.1 Å². The summed E-state index contributed by atoms with van der Waals surface area (Å²) in [5.74, 6) is -0.774. The highest BCUT2D eigenvalue weighted by Crippen LogP contribution is 2.22. The summed E-state index contributed by atoms with van der Waals surface area (Å²) in [6.45, 7) is 3.88. The number of hydrogen-bond donors (Lipinski definition) is 1. The van der Waals surface area contributed by atoms with Crippen molar-refractivity contribution in [2.24, 2.45) is 5.73 Å². The molecule has 0 unspecified atom stereocenters. The summed E-state index contributed by atoms with van der Waals surface area (Å²) in [7, 11) is 0. The van der Waals surface area contributed by atoms with Crippen molar-refractivity contribution in [2.45, 2.75) is 19.9 Å². The summed E-state index contributed by atoms with van der Waals surface area (Å²) in [6, 6.07) is 4.26. The van der Waals surface area contributed by atoms with E-state index in [1.165, 1.54) is 17.0 Å². The Kier molecular flexibility index (Phi) is 5.22. The van der Waals surface area contributed by atoms with Crippen LogP contribution in [0.5, 0.6) is 0 Å². The van der Waals surface area contributed by atoms with Crippen molar-refractivity contribution in [2.75, 3.05) is 6.54 Å². The van der Waals surface area contributed by atoms with Gasteiger partial charge in [-0.3, -0.25) is 4.79 Å². The van der Waals surface area contributed by atoms with Crippen LogP contribution in [-0.4, -0.2) is 28.4 Å². The van der Waals surface area contributed by atoms with Crippen molar-refractivity contribution >= 4 is 39.0 Å². The van der Waals surface area contributed by atoms with E-state index >= 15 is 0 Å². The lowest BCUT2D eigenvalue weighted by atomic mass is 10.1. The minimum absolute atomic E-state index is 0.0748. The van der Waals surface area contributed by atoms with Crippen molar-refractivity contribution < 1.29 is 9.18 Å². The van der Waals surface area contributed by atoms with Crippen LogP contribution in [0, 0.1) is 5.82 Å². The third-order valence-electron chi connectivity index (χ3n) is 2.39. The molecule has 0 heterocycles. The van der Waals surface area contributed by atoms with Crippen LogP contribution in [0.25, 0.3) is 0 Å². The lowest BCUT2D eigenvalue weighted by molar-refractivity contribution is 0.0734. The van der Waals surface area contributed by atoms with Crippen LogP contribution in [0.4, 0.5) is 4.39 Å². The largest absolute Gasteiger partial charge is 0.392 e. The van der Waals surface area contributed by atoms with Crippen LogP contribution < -0.4 is 5.73 Å². The van der Waals surface area contributed by atoms with Gasteiger partial charge in [0.15, 0.2) is 0 Å². The van der Waals surface area contributed by atoms with Gasteiger partial charge in [0.25, 0.3) is 5.91 Å². The number of thiocarbonyl (C=S) groups is 1. The van der Waals surface area contributed by atoms with Gasteiger partial charge in [0, 0.05) is 6.04 Å². The van der Waals surface area contributed by atoms with Gasteiger partial charge in [0.2, 0.25) is 0 Å². The highest BCUT2D eigenvalue weighted by Gasteiger charge is 2.22. The van der Waals surface area contributed by atoms with Crippen LogP contribution in [0.15, 0.2) is 22.7 Å². The minimum atomic E-state index is -0.472. The Balaban J connectivity index is 3.10. The second-order valence-electron chi connectivity index (χ2n) is 4.09. The molecule has 0 aliphatic carbocycles. The number of rotatable bonds is 4. The molecule has 1 amide bonds. The Morgan fingerprint density at radius 2 is 2.17 bits per heavy atom. The summed E-state index contributed by atoms with van der Waals surface area (Å²) < 4.78 is 13.6. The molecule has 0 aliphatic heterocycles. The summed E-state index contributed by atoms with van der Waals surface area (Å²) >= 11 is 7.89. The molecule has 0 fully saturated rings. The molecular weight excluding hydrogens is 319 g/mol. The number of nitrogens with zero attached hydrogens (tertiary/aromatic N) is 1. The molecule has 0 saturated carbocycles. The fourth-order valence-corrected chi connectivity index (χ4v) is 2.05. The van der Waals surface area contributed by atoms with Gasteiger partial charge >= 0.3 is 0 Å². The zero-order valence-electron chi connectivity index (χ0n) is 10.1. The molecule has 2 N–H and O–H groups in total. The van der Waals surface area contributed by atoms with E-state index in [9.17, 15) is 9.18 Å². The maximum absolute atomic E-state index is 13.4. The van der Waals surface area contributed by atoms with Crippen LogP contribution in [-0.2, 0) is 0 Å². The molecular formula is C12H14BrFN2OS. The van der Waals surface area contributed by atoms with Gasteiger partial charge in [-0.1, -0.05) is 18.3 Å². The summed E-state index contributed by atoms with van der Waals surface area (Å²) in [5.41, 5.74) is 5.73. The van der Waals surface area contributed by atoms with E-state index in [-0.39, 0.29) is 33.5 Å². The van der Waals surface area contributed by atoms with Gasteiger partial charge in [-0.05, 0) is 41.9 Å². The van der Waals surface area contributed by atoms with E-state index in [1.54, 1.807) is 6.07 Å². The molecule has 0 atom stereocenters. The third kappa shape index (κ3) is 3.49. The second-order valence-corrected chi connectivity index (χ2v) is 5.41. The molecule has 0 aliphatic rings. The predicted octanol–water partition coefficient (Wildman–Crippen LogP) is 2.72. The summed E-state index contributed by atoms with van der Waals surface area (Å²) in [6.07, 6.45) is 0. The van der Waals surface area contributed by atoms with Gasteiger partial charge in [-0.2, -0.15) is 0 Å². The molecule has 18 heavy (non-hydrogen) atoms. The first-order valence-electron chi connectivity index (χ1n) is 5.38. The number of hydrogen-bond acceptors (Lipinski definition) is 2. The Morgan fingerprint density at radius 3 is 2.67 bits per heavy atom. The molecule has 98 valence electrons. The van der Waals surface area contributed by atoms with E-state index in [1.807, 2.05) is 13.8 Å². The zero-order chi connectivity index (χ0) is 13.9. The van der Waals surface area contributed by atoms with Gasteiger partial charge in [-0.25, -0.2) is 4.39 Å². The molecule has 0 radical (unpaired) electrons. The first-order valence-corrected chi connectivity index (χ1v) is 6.58. The molecule has 0 aromatic heterocycles. The average Bonchev–Trinajstić information content (AvgIpc) is 2.28. The number of amides is 1. The first kappa shape index (κ1) is 15.0. The normalized spacial score (nSPS) is 10.5. The predicted molar refractivity (Wildman–Crippen MR) is 77.1 cm³/mol. The molecule has 0 saturated heterocycles. The number of nitrogens with two attached hydrogens (primary N) is 1. The molecule has 6 heteroatoms. The van der Waals surface area contributed by atoms with Gasteiger partial charge in [0.05, 0.1) is 21.6 Å². The van der Waals surface area contributed by atoms with E-state index in [4.69, 9.17) is 18.0 Å². The zero-order valence-corrected chi connectivity index (χ0v) is 12.5. The highest BCUT2D eigenvalue weighted by atomic mass is 79.9. The second kappa shape index (κ2) is 6.24. The van der Waals surface area contributed by atoms with E-state index in [2.05, 4.69) is 15.9 Å². The maximum atomic E-state index is 13.4. The van der Waals surface area contributed by atoms with E-state index in [0.29, 0.717) is 0 Å². The lowest BCUT2D eigenvalue weighted by Crippen LogP contribution is -2.42. The topological polar surface area (TPSA) is 46.3 Å². The summed E-state index contributed by atoms with van der Waals surface area (Å²) in [5, 5.41) is 0. The molecule has 3 nitrogen and oxygen atoms in total. The van der Waals surface area contributed by atoms with Crippen molar-refractivity contribution in [1.82, 2.24) is 4.90 Å². The van der Waals surface area contributed by atoms with Gasteiger partial charge in [-0.15, -0.1) is 0 Å². The van der Waals surface area contributed by atoms with Gasteiger partial charge in [0.1, 0.15) is 5.82 Å². The lowest BCUT2D eigenvalue weighted by Gasteiger charge is -2.26. The number of halogens is 2. The number of benzene rings is 1. The number of carbonyl (C=O) groups excluding carboxylic acids is 1. The van der Waals surface area contributed by atoms with Crippen LogP contribution in [0.1, 0.15) is 24.2 Å². The smallest absolute Gasteiger partial charge is 0.255 e. The minimum Gasteiger partial charge on any atom is -0.392 e. The fourth-order valence-electron chi connectivity index (χ4n) is 1.48. The van der Waals surface area contributed by atoms with Crippen LogP contribution in [0.2, 0.25) is 0 Å². The molecule has 1 rings (SSSR count). The average molecular weight is 333 g/mol. The Hall–Kier alpha value is -1.01. The van der Waals surface area contributed by atoms with Crippen molar-refractivity contribution in [3.8, 4) is 0 Å². The SMILES string of the molecule is CC(C)N(CC(N)=S)C(=O)c1cccc(F)c1Br. The third-order valence-corrected chi connectivity index (χ3v) is 3.33. The van der Waals surface area contributed by atoms with Crippen molar-refractivity contribution in [3.05, 3.63) is 34.1 Å². The van der Waals surface area contributed by atoms with Crippen molar-refractivity contribution in [1.29, 1.82) is 0 Å². The molecule has 1 aromatic rings. The standard InChI is InChI=1S/C12H14BrFN2OS/c1-7(2)16(6-10(15)18)12(17)8-4-3-5-9(14)11(8)13/h3-5,7H,6H2,1-2H3,(H2,15,18). The fraction of sp³-hybridized carbons (Fsp3) is 0.333.